The van der Waals surface area contributed by atoms with Crippen LogP contribution in [0.15, 0.2) is 64.5 Å². The molecule has 146 valence electrons. The van der Waals surface area contributed by atoms with Crippen molar-refractivity contribution in [1.82, 2.24) is 19.6 Å². The van der Waals surface area contributed by atoms with Crippen LogP contribution in [0, 0.1) is 13.8 Å². The maximum Gasteiger partial charge on any atom is 0.266 e. The molecular formula is C21H19N5O2S. The van der Waals surface area contributed by atoms with Crippen LogP contribution in [-0.4, -0.2) is 31.2 Å². The maximum absolute atomic E-state index is 12.4. The number of thioether (sulfide) groups is 1. The number of aromatic nitrogens is 4. The Morgan fingerprint density at radius 2 is 1.93 bits per heavy atom. The van der Waals surface area contributed by atoms with E-state index in [2.05, 4.69) is 20.4 Å². The third kappa shape index (κ3) is 4.22. The number of aryl methyl sites for hydroxylation is 2. The number of carbonyl (C=O) groups is 1. The lowest BCUT2D eigenvalue weighted by Crippen LogP contribution is -2.15. The second-order valence-electron chi connectivity index (χ2n) is 6.67. The van der Waals surface area contributed by atoms with E-state index in [1.807, 2.05) is 62.4 Å². The molecule has 4 rings (SSSR count). The quantitative estimate of drug-likeness (QED) is 0.496. The van der Waals surface area contributed by atoms with Crippen LogP contribution in [0.2, 0.25) is 0 Å². The van der Waals surface area contributed by atoms with Gasteiger partial charge in [0.05, 0.1) is 5.75 Å². The Bertz CT molecular complexity index is 1260. The van der Waals surface area contributed by atoms with E-state index in [1.165, 1.54) is 22.3 Å². The van der Waals surface area contributed by atoms with Crippen LogP contribution in [-0.2, 0) is 4.79 Å². The molecule has 0 unspecified atom stereocenters. The van der Waals surface area contributed by atoms with Gasteiger partial charge >= 0.3 is 0 Å². The highest BCUT2D eigenvalue weighted by molar-refractivity contribution is 7.99. The summed E-state index contributed by atoms with van der Waals surface area (Å²) >= 11 is 1.24. The van der Waals surface area contributed by atoms with Crippen LogP contribution in [0.5, 0.6) is 0 Å². The fourth-order valence-corrected chi connectivity index (χ4v) is 3.73. The first-order valence-electron chi connectivity index (χ1n) is 9.05. The fourth-order valence-electron chi connectivity index (χ4n) is 2.97. The van der Waals surface area contributed by atoms with Gasteiger partial charge in [0.1, 0.15) is 0 Å². The van der Waals surface area contributed by atoms with Crippen molar-refractivity contribution in [2.24, 2.45) is 0 Å². The van der Waals surface area contributed by atoms with Gasteiger partial charge in [-0.1, -0.05) is 48.2 Å². The van der Waals surface area contributed by atoms with Crippen molar-refractivity contribution >= 4 is 29.0 Å². The summed E-state index contributed by atoms with van der Waals surface area (Å²) in [5, 5.41) is 6.06. The van der Waals surface area contributed by atoms with Gasteiger partial charge < -0.3 is 5.32 Å². The molecule has 0 bridgehead atoms. The van der Waals surface area contributed by atoms with E-state index in [0.717, 1.165) is 22.4 Å². The highest BCUT2D eigenvalue weighted by atomic mass is 32.2. The SMILES string of the molecule is Cc1cccc(NC(=O)CSc2nc(-c3ccccc3C)nc3cc(=O)[nH]n23)c1. The van der Waals surface area contributed by atoms with Crippen molar-refractivity contribution in [3.63, 3.8) is 0 Å². The number of carbonyl (C=O) groups excluding carboxylic acids is 1. The van der Waals surface area contributed by atoms with E-state index in [4.69, 9.17) is 0 Å². The third-order valence-corrected chi connectivity index (χ3v) is 5.28. The molecule has 1 amide bonds. The second-order valence-corrected chi connectivity index (χ2v) is 7.61. The molecule has 0 aliphatic heterocycles. The Kier molecular flexibility index (Phi) is 5.18. The fraction of sp³-hybridized carbons (Fsp3) is 0.143. The Hall–Kier alpha value is -3.39. The average Bonchev–Trinajstić information content (AvgIpc) is 3.06. The number of nitrogens with one attached hydrogen (secondary N) is 2. The van der Waals surface area contributed by atoms with Crippen molar-refractivity contribution in [2.75, 3.05) is 11.1 Å². The molecule has 2 aromatic carbocycles. The smallest absolute Gasteiger partial charge is 0.266 e. The minimum absolute atomic E-state index is 0.146. The summed E-state index contributed by atoms with van der Waals surface area (Å²) in [6, 6.07) is 16.8. The van der Waals surface area contributed by atoms with E-state index in [9.17, 15) is 9.59 Å². The summed E-state index contributed by atoms with van der Waals surface area (Å²) in [4.78, 5) is 33.3. The van der Waals surface area contributed by atoms with Gasteiger partial charge in [-0.2, -0.15) is 0 Å². The first kappa shape index (κ1) is 18.9. The molecule has 2 heterocycles. The molecule has 0 radical (unpaired) electrons. The average molecular weight is 405 g/mol. The van der Waals surface area contributed by atoms with E-state index in [-0.39, 0.29) is 17.2 Å². The second kappa shape index (κ2) is 7.92. The molecule has 0 aliphatic rings. The first-order chi connectivity index (χ1) is 14.0. The summed E-state index contributed by atoms with van der Waals surface area (Å²) in [6.07, 6.45) is 0. The predicted octanol–water partition coefficient (Wildman–Crippen LogP) is 3.43. The Morgan fingerprint density at radius 3 is 2.72 bits per heavy atom. The molecule has 7 nitrogen and oxygen atoms in total. The molecule has 0 aliphatic carbocycles. The normalized spacial score (nSPS) is 11.0. The van der Waals surface area contributed by atoms with Gasteiger partial charge in [0, 0.05) is 17.3 Å². The zero-order valence-electron chi connectivity index (χ0n) is 16.0. The molecule has 0 fully saturated rings. The number of H-pyrrole nitrogens is 1. The lowest BCUT2D eigenvalue weighted by molar-refractivity contribution is -0.113. The number of benzene rings is 2. The first-order valence-corrected chi connectivity index (χ1v) is 10.0. The summed E-state index contributed by atoms with van der Waals surface area (Å²) in [7, 11) is 0. The lowest BCUT2D eigenvalue weighted by Gasteiger charge is -2.09. The van der Waals surface area contributed by atoms with Crippen molar-refractivity contribution in [3.05, 3.63) is 76.1 Å². The zero-order chi connectivity index (χ0) is 20.4. The number of hydrogen-bond donors (Lipinski definition) is 2. The molecule has 2 aromatic heterocycles. The molecule has 2 N–H and O–H groups in total. The largest absolute Gasteiger partial charge is 0.325 e. The Balaban J connectivity index is 1.61. The van der Waals surface area contributed by atoms with Gasteiger partial charge in [-0.25, -0.2) is 14.5 Å². The van der Waals surface area contributed by atoms with Crippen LogP contribution >= 0.6 is 11.8 Å². The number of aromatic amines is 1. The summed E-state index contributed by atoms with van der Waals surface area (Å²) in [5.41, 5.74) is 3.92. The number of anilines is 1. The number of rotatable bonds is 5. The van der Waals surface area contributed by atoms with Gasteiger partial charge in [-0.15, -0.1) is 0 Å². The van der Waals surface area contributed by atoms with Crippen LogP contribution in [0.25, 0.3) is 17.0 Å². The van der Waals surface area contributed by atoms with Crippen LogP contribution in [0.3, 0.4) is 0 Å². The molecule has 0 spiro atoms. The summed E-state index contributed by atoms with van der Waals surface area (Å²) < 4.78 is 1.51. The highest BCUT2D eigenvalue weighted by Crippen LogP contribution is 2.24. The summed E-state index contributed by atoms with van der Waals surface area (Å²) in [6.45, 7) is 3.95. The molecule has 4 aromatic rings. The van der Waals surface area contributed by atoms with Gasteiger partial charge in [-0.3, -0.25) is 14.7 Å². The van der Waals surface area contributed by atoms with Crippen LogP contribution < -0.4 is 10.9 Å². The van der Waals surface area contributed by atoms with Gasteiger partial charge in [0.15, 0.2) is 16.6 Å². The minimum Gasteiger partial charge on any atom is -0.325 e. The number of amides is 1. The van der Waals surface area contributed by atoms with Crippen molar-refractivity contribution in [1.29, 1.82) is 0 Å². The molecular weight excluding hydrogens is 386 g/mol. The molecule has 8 heteroatoms. The molecule has 29 heavy (non-hydrogen) atoms. The van der Waals surface area contributed by atoms with E-state index in [0.29, 0.717) is 16.6 Å². The minimum atomic E-state index is -0.271. The highest BCUT2D eigenvalue weighted by Gasteiger charge is 2.14. The lowest BCUT2D eigenvalue weighted by atomic mass is 10.1. The molecule has 0 atom stereocenters. The summed E-state index contributed by atoms with van der Waals surface area (Å²) in [5.74, 6) is 0.510. The maximum atomic E-state index is 12.4. The number of nitrogens with zero attached hydrogens (tertiary/aromatic N) is 3. The van der Waals surface area contributed by atoms with E-state index >= 15 is 0 Å². The molecule has 0 saturated carbocycles. The van der Waals surface area contributed by atoms with Gasteiger partial charge in [-0.05, 0) is 37.1 Å². The van der Waals surface area contributed by atoms with Gasteiger partial charge in [0.25, 0.3) is 5.56 Å². The predicted molar refractivity (Wildman–Crippen MR) is 114 cm³/mol. The van der Waals surface area contributed by atoms with Crippen LogP contribution in [0.1, 0.15) is 11.1 Å². The van der Waals surface area contributed by atoms with Crippen molar-refractivity contribution < 1.29 is 4.79 Å². The topological polar surface area (TPSA) is 92.2 Å². The number of fused-ring (bicyclic) bond motifs is 1. The number of hydrogen-bond acceptors (Lipinski definition) is 5. The van der Waals surface area contributed by atoms with Crippen LogP contribution in [0.4, 0.5) is 5.69 Å². The van der Waals surface area contributed by atoms with Gasteiger partial charge in [0.2, 0.25) is 5.91 Å². The zero-order valence-corrected chi connectivity index (χ0v) is 16.8. The molecule has 0 saturated heterocycles. The monoisotopic (exact) mass is 405 g/mol. The standard InChI is InChI=1S/C21H19N5O2S/c1-13-6-5-8-15(10-13)22-19(28)12-29-21-24-20(16-9-4-3-7-14(16)2)23-17-11-18(27)25-26(17)21/h3-11H,12H2,1-2H3,(H,22,28)(H,25,27). The Labute approximate surface area is 171 Å². The van der Waals surface area contributed by atoms with Crippen molar-refractivity contribution in [2.45, 2.75) is 19.0 Å². The van der Waals surface area contributed by atoms with E-state index in [1.54, 1.807) is 0 Å². The van der Waals surface area contributed by atoms with Crippen molar-refractivity contribution in [3.8, 4) is 11.4 Å². The third-order valence-electron chi connectivity index (χ3n) is 4.34. The van der Waals surface area contributed by atoms with E-state index < -0.39 is 0 Å². The Morgan fingerprint density at radius 1 is 1.10 bits per heavy atom.